The number of aromatic amines is 1. The highest BCUT2D eigenvalue weighted by atomic mass is 32.1. The zero-order valence-electron chi connectivity index (χ0n) is 40.5. The minimum absolute atomic E-state index is 0.0222. The maximum atomic E-state index is 14.4. The summed E-state index contributed by atoms with van der Waals surface area (Å²) < 4.78 is 0. The minimum Gasteiger partial charge on any atom is -0.481 e. The number of H-pyrrole nitrogens is 1. The van der Waals surface area contributed by atoms with E-state index in [1.54, 1.807) is 91.1 Å². The van der Waals surface area contributed by atoms with Crippen LogP contribution < -0.4 is 54.4 Å². The molecule has 74 heavy (non-hydrogen) atoms. The Balaban J connectivity index is 1.55. The molecule has 0 saturated heterocycles. The van der Waals surface area contributed by atoms with Crippen molar-refractivity contribution in [2.75, 3.05) is 18.9 Å². The number of fused-ring (bicyclic) bond motifs is 1. The molecule has 0 radical (unpaired) electrons. The van der Waals surface area contributed by atoms with Crippen LogP contribution in [0.3, 0.4) is 0 Å². The van der Waals surface area contributed by atoms with Gasteiger partial charge in [0.25, 0.3) is 0 Å². The Hall–Kier alpha value is -8.03. The number of guanidine groups is 1. The Morgan fingerprint density at radius 3 is 1.66 bits per heavy atom. The highest BCUT2D eigenvalue weighted by Gasteiger charge is 2.34. The third-order valence-corrected chi connectivity index (χ3v) is 11.9. The lowest BCUT2D eigenvalue weighted by atomic mass is 10.0. The van der Waals surface area contributed by atoms with Crippen LogP contribution in [0.25, 0.3) is 10.9 Å². The molecule has 398 valence electrons. The summed E-state index contributed by atoms with van der Waals surface area (Å²) >= 11 is 4.03. The van der Waals surface area contributed by atoms with Crippen molar-refractivity contribution in [3.05, 3.63) is 108 Å². The standard InChI is InChI=1S/C49H64N12O12S/c1-27(55-43(67)34(17-10-20-53-49(51)52)57-47(71)38(25-62)60-42(66)32(50)21-28-11-4-2-5-12-28)41(65)56-35(18-19-40(63)64)44(68)59-37(23-30-24-54-33-16-9-8-15-31(30)33)46(70)58-36(22-29-13-6-3-7-14-29)45(69)61-39(26-74)48(72)73/h2-9,11-16,24,27,32,34-39,54,62,74H,10,17-23,25-26,50H2,1H3,(H,55,67)(H,56,65)(H,57,71)(H,58,70)(H,59,68)(H,60,66)(H,61,69)(H,63,64)(H,72,73)(H4,51,52,53)/t27-,32-,34-,35-,36-,37-,38-,39-/m0/s1. The van der Waals surface area contributed by atoms with Gasteiger partial charge in [0.15, 0.2) is 5.96 Å². The summed E-state index contributed by atoms with van der Waals surface area (Å²) in [5, 5.41) is 47.4. The van der Waals surface area contributed by atoms with E-state index in [1.807, 2.05) is 0 Å². The molecule has 0 aliphatic rings. The molecule has 0 aliphatic carbocycles. The SMILES string of the molecule is C[C@H](NC(=O)[C@H](CCCN=C(N)N)NC(=O)[C@H](CO)NC(=O)[C@@H](N)Cc1ccccc1)C(=O)N[C@@H](CCC(=O)O)C(=O)N[C@@H](Cc1c[nH]c2ccccc12)C(=O)N[C@@H](Cc1ccccc1)C(=O)N[C@@H](CS)C(=O)O. The quantitative estimate of drug-likeness (QED) is 0.0115. The number of carbonyl (C=O) groups excluding carboxylic acids is 7. The molecule has 0 aliphatic heterocycles. The summed E-state index contributed by atoms with van der Waals surface area (Å²) in [7, 11) is 0. The number of aliphatic carboxylic acids is 2. The van der Waals surface area contributed by atoms with Crippen molar-refractivity contribution < 1.29 is 58.5 Å². The van der Waals surface area contributed by atoms with Gasteiger partial charge in [-0.05, 0) is 55.4 Å². The Bertz CT molecular complexity index is 2600. The van der Waals surface area contributed by atoms with Gasteiger partial charge in [-0.3, -0.25) is 43.3 Å². The maximum absolute atomic E-state index is 14.4. The molecule has 0 saturated carbocycles. The number of carboxylic acids is 2. The molecule has 0 fully saturated rings. The van der Waals surface area contributed by atoms with Crippen LogP contribution in [0.5, 0.6) is 0 Å². The van der Waals surface area contributed by atoms with E-state index in [0.717, 1.165) is 5.56 Å². The number of aliphatic hydroxyl groups excluding tert-OH is 1. The fourth-order valence-corrected chi connectivity index (χ4v) is 7.73. The highest BCUT2D eigenvalue weighted by Crippen LogP contribution is 2.20. The molecular weight excluding hydrogens is 981 g/mol. The zero-order chi connectivity index (χ0) is 54.3. The zero-order valence-corrected chi connectivity index (χ0v) is 41.4. The molecule has 7 amide bonds. The molecule has 3 aromatic carbocycles. The Morgan fingerprint density at radius 1 is 0.595 bits per heavy atom. The number of hydrogen-bond acceptors (Lipinski definition) is 13. The van der Waals surface area contributed by atoms with E-state index in [0.29, 0.717) is 22.0 Å². The van der Waals surface area contributed by atoms with Gasteiger partial charge in [-0.1, -0.05) is 78.9 Å². The number of aliphatic hydroxyl groups is 1. The van der Waals surface area contributed by atoms with E-state index in [-0.39, 0.29) is 50.4 Å². The van der Waals surface area contributed by atoms with Crippen molar-refractivity contribution in [3.63, 3.8) is 0 Å². The summed E-state index contributed by atoms with van der Waals surface area (Å²) in [4.78, 5) is 127. The lowest BCUT2D eigenvalue weighted by Crippen LogP contribution is -2.60. The van der Waals surface area contributed by atoms with Crippen molar-refractivity contribution in [1.29, 1.82) is 0 Å². The van der Waals surface area contributed by atoms with Crippen molar-refractivity contribution >= 4 is 82.8 Å². The van der Waals surface area contributed by atoms with Gasteiger partial charge in [0, 0.05) is 48.7 Å². The average molecular weight is 1050 g/mol. The number of thiol groups is 1. The smallest absolute Gasteiger partial charge is 0.327 e. The number of benzene rings is 3. The normalized spacial score (nSPS) is 14.2. The van der Waals surface area contributed by atoms with Crippen LogP contribution in [0.15, 0.2) is 96.1 Å². The molecule has 24 nitrogen and oxygen atoms in total. The Kier molecular flexibility index (Phi) is 23.3. The Labute approximate surface area is 431 Å². The van der Waals surface area contributed by atoms with Crippen LogP contribution in [0.2, 0.25) is 0 Å². The third-order valence-electron chi connectivity index (χ3n) is 11.5. The van der Waals surface area contributed by atoms with Gasteiger partial charge in [-0.2, -0.15) is 12.6 Å². The summed E-state index contributed by atoms with van der Waals surface area (Å²) in [6, 6.07) is 13.0. The molecule has 4 rings (SSSR count). The second-order valence-electron chi connectivity index (χ2n) is 17.2. The largest absolute Gasteiger partial charge is 0.481 e. The lowest BCUT2D eigenvalue weighted by molar-refractivity contribution is -0.141. The summed E-state index contributed by atoms with van der Waals surface area (Å²) in [5.74, 6) is -9.64. The van der Waals surface area contributed by atoms with Gasteiger partial charge in [0.2, 0.25) is 41.4 Å². The minimum atomic E-state index is -1.64. The highest BCUT2D eigenvalue weighted by molar-refractivity contribution is 7.80. The van der Waals surface area contributed by atoms with Gasteiger partial charge in [0.1, 0.15) is 42.3 Å². The number of para-hydroxylation sites is 1. The topological polar surface area (TPSA) is 405 Å². The van der Waals surface area contributed by atoms with Crippen LogP contribution in [0.4, 0.5) is 0 Å². The number of carboxylic acid groups (broad SMARTS) is 2. The molecular formula is C49H64N12O12S. The van der Waals surface area contributed by atoms with Crippen molar-refractivity contribution in [2.24, 2.45) is 22.2 Å². The second kappa shape index (κ2) is 29.5. The van der Waals surface area contributed by atoms with Crippen molar-refractivity contribution in [3.8, 4) is 0 Å². The van der Waals surface area contributed by atoms with Gasteiger partial charge in [-0.25, -0.2) is 4.79 Å². The first-order valence-corrected chi connectivity index (χ1v) is 24.2. The van der Waals surface area contributed by atoms with E-state index in [2.05, 4.69) is 59.8 Å². The van der Waals surface area contributed by atoms with Crippen molar-refractivity contribution in [1.82, 2.24) is 42.2 Å². The number of nitrogens with one attached hydrogen (secondary N) is 8. The van der Waals surface area contributed by atoms with E-state index in [9.17, 15) is 58.5 Å². The average Bonchev–Trinajstić information content (AvgIpc) is 3.78. The third kappa shape index (κ3) is 18.9. The summed E-state index contributed by atoms with van der Waals surface area (Å²) in [6.07, 6.45) is 0.299. The van der Waals surface area contributed by atoms with E-state index in [4.69, 9.17) is 17.2 Å². The van der Waals surface area contributed by atoms with E-state index >= 15 is 0 Å². The maximum Gasteiger partial charge on any atom is 0.327 e. The van der Waals surface area contributed by atoms with Crippen LogP contribution in [-0.4, -0.2) is 147 Å². The Morgan fingerprint density at radius 2 is 1.08 bits per heavy atom. The predicted octanol–water partition coefficient (Wildman–Crippen LogP) is -2.14. The van der Waals surface area contributed by atoms with Crippen LogP contribution >= 0.6 is 12.6 Å². The molecule has 4 aromatic rings. The number of nitrogens with two attached hydrogens (primary N) is 3. The first-order valence-electron chi connectivity index (χ1n) is 23.5. The first-order chi connectivity index (χ1) is 35.3. The van der Waals surface area contributed by atoms with E-state index < -0.39 is 121 Å². The van der Waals surface area contributed by atoms with Crippen LogP contribution in [-0.2, 0) is 62.4 Å². The first kappa shape index (κ1) is 58.5. The van der Waals surface area contributed by atoms with E-state index in [1.165, 1.54) is 6.92 Å². The predicted molar refractivity (Wildman–Crippen MR) is 275 cm³/mol. The number of aromatic nitrogens is 1. The number of hydrogen-bond donors (Lipinski definition) is 15. The molecule has 0 bridgehead atoms. The van der Waals surface area contributed by atoms with Gasteiger partial charge >= 0.3 is 11.9 Å². The molecule has 1 heterocycles. The van der Waals surface area contributed by atoms with Gasteiger partial charge < -0.3 is 74.7 Å². The fraction of sp³-hybridized carbons (Fsp3) is 0.388. The lowest BCUT2D eigenvalue weighted by Gasteiger charge is -2.27. The number of carbonyl (C=O) groups is 9. The molecule has 0 spiro atoms. The van der Waals surface area contributed by atoms with Gasteiger partial charge in [-0.15, -0.1) is 0 Å². The molecule has 25 heteroatoms. The molecule has 1 aromatic heterocycles. The number of rotatable bonds is 30. The van der Waals surface area contributed by atoms with Crippen molar-refractivity contribution in [2.45, 2.75) is 100 Å². The monoisotopic (exact) mass is 1040 g/mol. The van der Waals surface area contributed by atoms with Gasteiger partial charge in [0.05, 0.1) is 12.6 Å². The fourth-order valence-electron chi connectivity index (χ4n) is 7.48. The summed E-state index contributed by atoms with van der Waals surface area (Å²) in [5.41, 5.74) is 19.5. The van der Waals surface area contributed by atoms with Crippen LogP contribution in [0.1, 0.15) is 49.3 Å². The number of aliphatic imine (C=N–C) groups is 1. The molecule has 0 unspecified atom stereocenters. The second-order valence-corrected chi connectivity index (χ2v) is 17.6. The molecule has 8 atom stereocenters. The van der Waals surface area contributed by atoms with Crippen LogP contribution in [0, 0.1) is 0 Å². The number of nitrogens with zero attached hydrogens (tertiary/aromatic N) is 1. The molecule has 17 N–H and O–H groups in total. The summed E-state index contributed by atoms with van der Waals surface area (Å²) in [6.45, 7) is 0.388. The number of amides is 7.